The number of hydrogen-bond acceptors (Lipinski definition) is 3. The molecule has 1 aromatic heterocycles. The predicted octanol–water partition coefficient (Wildman–Crippen LogP) is 1.90. The van der Waals surface area contributed by atoms with Crippen LogP contribution in [0.2, 0.25) is 0 Å². The molecule has 2 amide bonds. The van der Waals surface area contributed by atoms with Gasteiger partial charge in [-0.2, -0.15) is 5.10 Å². The van der Waals surface area contributed by atoms with Crippen molar-refractivity contribution in [2.75, 3.05) is 6.61 Å². The van der Waals surface area contributed by atoms with Gasteiger partial charge in [0.15, 0.2) is 0 Å². The van der Waals surface area contributed by atoms with Crippen LogP contribution in [0.3, 0.4) is 0 Å². The number of rotatable bonds is 6. The number of aliphatic hydroxyl groups excluding tert-OH is 1. The molecular weight excluding hydrogens is 292 g/mol. The minimum absolute atomic E-state index is 0.0395. The number of aromatic nitrogens is 2. The molecule has 1 heterocycles. The lowest BCUT2D eigenvalue weighted by Gasteiger charge is -2.30. The van der Waals surface area contributed by atoms with E-state index in [1.54, 1.807) is 0 Å². The maximum Gasteiger partial charge on any atom is 0.315 e. The van der Waals surface area contributed by atoms with E-state index in [0.717, 1.165) is 43.4 Å². The van der Waals surface area contributed by atoms with Crippen molar-refractivity contribution >= 4 is 6.03 Å². The Morgan fingerprint density at radius 3 is 2.78 bits per heavy atom. The van der Waals surface area contributed by atoms with Crippen LogP contribution >= 0.6 is 0 Å². The smallest absolute Gasteiger partial charge is 0.315 e. The Kier molecular flexibility index (Phi) is 5.68. The largest absolute Gasteiger partial charge is 0.396 e. The molecule has 1 aromatic rings. The molecule has 1 fully saturated rings. The first-order chi connectivity index (χ1) is 10.9. The third-order valence-corrected chi connectivity index (χ3v) is 5.20. The molecule has 3 N–H and O–H groups in total. The van der Waals surface area contributed by atoms with Crippen LogP contribution < -0.4 is 10.6 Å². The Hall–Kier alpha value is -1.56. The van der Waals surface area contributed by atoms with E-state index in [0.29, 0.717) is 6.54 Å². The van der Waals surface area contributed by atoms with Crippen LogP contribution in [-0.4, -0.2) is 33.6 Å². The van der Waals surface area contributed by atoms with Crippen molar-refractivity contribution in [1.82, 2.24) is 20.4 Å². The van der Waals surface area contributed by atoms with Gasteiger partial charge in [0.05, 0.1) is 12.3 Å². The van der Waals surface area contributed by atoms with E-state index in [4.69, 9.17) is 0 Å². The summed E-state index contributed by atoms with van der Waals surface area (Å²) in [4.78, 5) is 12.3. The number of hydrogen-bond donors (Lipinski definition) is 3. The summed E-state index contributed by atoms with van der Waals surface area (Å²) in [5.74, 6) is 0. The zero-order valence-electron chi connectivity index (χ0n) is 14.8. The van der Waals surface area contributed by atoms with Gasteiger partial charge in [-0.1, -0.05) is 27.2 Å². The number of urea groups is 1. The molecule has 2 atom stereocenters. The summed E-state index contributed by atoms with van der Waals surface area (Å²) >= 11 is 0. The number of nitrogens with zero attached hydrogens (tertiary/aromatic N) is 2. The summed E-state index contributed by atoms with van der Waals surface area (Å²) in [6, 6.07) is -0.123. The van der Waals surface area contributed by atoms with Gasteiger partial charge in [-0.3, -0.25) is 4.68 Å². The lowest BCUT2D eigenvalue weighted by atomic mass is 9.86. The molecule has 0 aliphatic heterocycles. The fourth-order valence-electron chi connectivity index (χ4n) is 3.64. The van der Waals surface area contributed by atoms with Crippen molar-refractivity contribution in [2.24, 2.45) is 12.5 Å². The number of aliphatic hydroxyl groups is 1. The molecular formula is C17H30N4O2. The van der Waals surface area contributed by atoms with Crippen molar-refractivity contribution in [1.29, 1.82) is 0 Å². The summed E-state index contributed by atoms with van der Waals surface area (Å²) in [5.41, 5.74) is 3.15. The second-order valence-electron chi connectivity index (χ2n) is 6.79. The first-order valence-corrected chi connectivity index (χ1v) is 8.64. The van der Waals surface area contributed by atoms with Gasteiger partial charge in [-0.05, 0) is 25.7 Å². The Bertz CT molecular complexity index is 555. The van der Waals surface area contributed by atoms with Crippen LogP contribution in [0.5, 0.6) is 0 Å². The van der Waals surface area contributed by atoms with Gasteiger partial charge in [0, 0.05) is 36.3 Å². The molecule has 0 aromatic carbocycles. The Morgan fingerprint density at radius 1 is 1.43 bits per heavy atom. The number of nitrogens with one attached hydrogen (secondary N) is 2. The molecule has 2 unspecified atom stereocenters. The Labute approximate surface area is 138 Å². The Balaban J connectivity index is 1.97. The summed E-state index contributed by atoms with van der Waals surface area (Å²) in [5, 5.41) is 20.1. The molecule has 0 spiro atoms. The fourth-order valence-corrected chi connectivity index (χ4v) is 3.64. The standard InChI is InChI=1S/C17H30N4O2/c1-5-13-12(14(6-2)21(4)20-13)10-18-16(23)19-15-8-7-9-17(15,3)11-22/h15,22H,5-11H2,1-4H3,(H2,18,19,23). The van der Waals surface area contributed by atoms with Crippen LogP contribution in [0.4, 0.5) is 4.79 Å². The van der Waals surface area contributed by atoms with Crippen molar-refractivity contribution < 1.29 is 9.90 Å². The molecule has 0 bridgehead atoms. The lowest BCUT2D eigenvalue weighted by Crippen LogP contribution is -2.48. The van der Waals surface area contributed by atoms with Gasteiger partial charge in [-0.15, -0.1) is 0 Å². The van der Waals surface area contributed by atoms with Gasteiger partial charge in [0.1, 0.15) is 0 Å². The van der Waals surface area contributed by atoms with E-state index in [9.17, 15) is 9.90 Å². The average Bonchev–Trinajstić information content (AvgIpc) is 3.05. The zero-order valence-corrected chi connectivity index (χ0v) is 14.8. The van der Waals surface area contributed by atoms with E-state index in [2.05, 4.69) is 29.6 Å². The molecule has 6 nitrogen and oxygen atoms in total. The first-order valence-electron chi connectivity index (χ1n) is 8.64. The molecule has 1 aliphatic rings. The molecule has 6 heteroatoms. The van der Waals surface area contributed by atoms with Crippen LogP contribution in [0.25, 0.3) is 0 Å². The number of amides is 2. The number of carbonyl (C=O) groups excluding carboxylic acids is 1. The molecule has 2 rings (SSSR count). The number of aryl methyl sites for hydroxylation is 2. The van der Waals surface area contributed by atoms with Gasteiger partial charge in [0.25, 0.3) is 0 Å². The molecule has 0 radical (unpaired) electrons. The SMILES string of the molecule is CCc1nn(C)c(CC)c1CNC(=O)NC1CCCC1(C)CO. The maximum atomic E-state index is 12.3. The third kappa shape index (κ3) is 3.68. The summed E-state index contributed by atoms with van der Waals surface area (Å²) in [7, 11) is 1.95. The maximum absolute atomic E-state index is 12.3. The van der Waals surface area contributed by atoms with E-state index in [1.807, 2.05) is 18.7 Å². The quantitative estimate of drug-likeness (QED) is 0.748. The van der Waals surface area contributed by atoms with Crippen molar-refractivity contribution in [3.8, 4) is 0 Å². The van der Waals surface area contributed by atoms with Crippen LogP contribution in [0.15, 0.2) is 0 Å². The second-order valence-corrected chi connectivity index (χ2v) is 6.79. The highest BCUT2D eigenvalue weighted by molar-refractivity contribution is 5.74. The minimum atomic E-state index is -0.200. The van der Waals surface area contributed by atoms with Gasteiger partial charge < -0.3 is 15.7 Å². The highest BCUT2D eigenvalue weighted by atomic mass is 16.3. The minimum Gasteiger partial charge on any atom is -0.396 e. The first kappa shape index (κ1) is 17.8. The summed E-state index contributed by atoms with van der Waals surface area (Å²) < 4.78 is 1.91. The zero-order chi connectivity index (χ0) is 17.0. The van der Waals surface area contributed by atoms with E-state index >= 15 is 0 Å². The molecule has 1 saturated carbocycles. The topological polar surface area (TPSA) is 79.2 Å². The van der Waals surface area contributed by atoms with Crippen LogP contribution in [-0.2, 0) is 26.4 Å². The number of carbonyl (C=O) groups is 1. The van der Waals surface area contributed by atoms with E-state index in [-0.39, 0.29) is 24.1 Å². The van der Waals surface area contributed by atoms with Crippen LogP contribution in [0.1, 0.15) is 57.0 Å². The summed E-state index contributed by atoms with van der Waals surface area (Å²) in [6.45, 7) is 6.83. The Morgan fingerprint density at radius 2 is 2.17 bits per heavy atom. The summed E-state index contributed by atoms with van der Waals surface area (Å²) in [6.07, 6.45) is 4.68. The van der Waals surface area contributed by atoms with Crippen molar-refractivity contribution in [2.45, 2.75) is 65.5 Å². The van der Waals surface area contributed by atoms with Crippen molar-refractivity contribution in [3.63, 3.8) is 0 Å². The van der Waals surface area contributed by atoms with Gasteiger partial charge in [-0.25, -0.2) is 4.79 Å². The lowest BCUT2D eigenvalue weighted by molar-refractivity contribution is 0.121. The fraction of sp³-hybridized carbons (Fsp3) is 0.765. The molecule has 23 heavy (non-hydrogen) atoms. The highest BCUT2D eigenvalue weighted by Crippen LogP contribution is 2.37. The van der Waals surface area contributed by atoms with E-state index in [1.165, 1.54) is 5.69 Å². The van der Waals surface area contributed by atoms with E-state index < -0.39 is 0 Å². The van der Waals surface area contributed by atoms with Crippen molar-refractivity contribution in [3.05, 3.63) is 17.0 Å². The molecule has 0 saturated heterocycles. The second kappa shape index (κ2) is 7.34. The van der Waals surface area contributed by atoms with Crippen LogP contribution in [0, 0.1) is 5.41 Å². The predicted molar refractivity (Wildman–Crippen MR) is 90.2 cm³/mol. The highest BCUT2D eigenvalue weighted by Gasteiger charge is 2.39. The average molecular weight is 322 g/mol. The van der Waals surface area contributed by atoms with Gasteiger partial charge in [0.2, 0.25) is 0 Å². The normalized spacial score (nSPS) is 24.0. The molecule has 1 aliphatic carbocycles. The third-order valence-electron chi connectivity index (χ3n) is 5.20. The van der Waals surface area contributed by atoms with Gasteiger partial charge >= 0.3 is 6.03 Å². The monoisotopic (exact) mass is 322 g/mol. The molecule has 130 valence electrons.